The van der Waals surface area contributed by atoms with Gasteiger partial charge in [0.1, 0.15) is 29.4 Å². The molecule has 5 aromatic rings. The van der Waals surface area contributed by atoms with Crippen molar-refractivity contribution < 1.29 is 18.8 Å². The Morgan fingerprint density at radius 2 is 1.67 bits per heavy atom. The summed E-state index contributed by atoms with van der Waals surface area (Å²) in [4.78, 5) is 55.3. The Bertz CT molecular complexity index is 2580. The third-order valence-corrected chi connectivity index (χ3v) is 14.1. The molecule has 2 aromatic carbocycles. The van der Waals surface area contributed by atoms with Crippen molar-refractivity contribution in [1.29, 1.82) is 5.26 Å². The van der Waals surface area contributed by atoms with E-state index in [0.717, 1.165) is 112 Å². The van der Waals surface area contributed by atoms with Gasteiger partial charge in [0.2, 0.25) is 11.8 Å². The number of rotatable bonds is 10. The lowest BCUT2D eigenvalue weighted by Crippen LogP contribution is -2.49. The van der Waals surface area contributed by atoms with Crippen LogP contribution in [0.25, 0.3) is 22.2 Å². The van der Waals surface area contributed by atoms with Crippen LogP contribution in [0.2, 0.25) is 0 Å². The SMILES string of the molecule is C[C@@H](c1cc2c(-c3ccc(N)nc3C#N)ccnc2n1C)N1CCC(c2ccc(C(=O)N3CCC(CN4CCN(c5ccc(NC6CCC(=O)NC6=O)cc5F)CC4)CC3)cc2)CC1. The summed E-state index contributed by atoms with van der Waals surface area (Å²) in [6.45, 7) is 9.79. The Morgan fingerprint density at radius 3 is 2.38 bits per heavy atom. The lowest BCUT2D eigenvalue weighted by atomic mass is 9.88. The number of piperazine rings is 1. The zero-order valence-electron chi connectivity index (χ0n) is 36.6. The van der Waals surface area contributed by atoms with Gasteiger partial charge in [0.15, 0.2) is 5.69 Å². The minimum Gasteiger partial charge on any atom is -0.384 e. The first-order valence-corrected chi connectivity index (χ1v) is 22.6. The Labute approximate surface area is 373 Å². The first kappa shape index (κ1) is 42.9. The summed E-state index contributed by atoms with van der Waals surface area (Å²) in [6, 6.07) is 22.9. The number of nitrogens with two attached hydrogens (primary N) is 1. The van der Waals surface area contributed by atoms with E-state index in [9.17, 15) is 19.6 Å². The van der Waals surface area contributed by atoms with E-state index in [0.29, 0.717) is 41.1 Å². The molecule has 0 radical (unpaired) electrons. The van der Waals surface area contributed by atoms with E-state index in [2.05, 4.69) is 73.1 Å². The van der Waals surface area contributed by atoms with Crippen molar-refractivity contribution in [3.05, 3.63) is 101 Å². The molecule has 2 atom stereocenters. The van der Waals surface area contributed by atoms with Gasteiger partial charge in [0.05, 0.1) is 5.69 Å². The highest BCUT2D eigenvalue weighted by Crippen LogP contribution is 2.37. The molecule has 7 heterocycles. The molecule has 4 aliphatic rings. The van der Waals surface area contributed by atoms with Crippen molar-refractivity contribution in [3.8, 4) is 17.2 Å². The largest absolute Gasteiger partial charge is 0.384 e. The summed E-state index contributed by atoms with van der Waals surface area (Å²) in [5, 5.41) is 16.2. The van der Waals surface area contributed by atoms with Gasteiger partial charge < -0.3 is 25.4 Å². The maximum atomic E-state index is 15.2. The molecule has 3 amide bonds. The van der Waals surface area contributed by atoms with Crippen LogP contribution < -0.4 is 21.3 Å². The number of amides is 3. The normalized spacial score (nSPS) is 20.0. The summed E-state index contributed by atoms with van der Waals surface area (Å²) in [5.74, 6) is 0.380. The van der Waals surface area contributed by atoms with Crippen LogP contribution in [0.3, 0.4) is 0 Å². The fourth-order valence-electron chi connectivity index (χ4n) is 10.3. The van der Waals surface area contributed by atoms with Crippen LogP contribution in [0.4, 0.5) is 21.6 Å². The Kier molecular flexibility index (Phi) is 12.3. The van der Waals surface area contributed by atoms with Crippen LogP contribution in [-0.4, -0.2) is 112 Å². The van der Waals surface area contributed by atoms with Crippen molar-refractivity contribution in [2.45, 2.75) is 63.5 Å². The summed E-state index contributed by atoms with van der Waals surface area (Å²) >= 11 is 0. The van der Waals surface area contributed by atoms with Crippen molar-refractivity contribution in [1.82, 2.24) is 34.6 Å². The number of piperidine rings is 3. The fourth-order valence-corrected chi connectivity index (χ4v) is 10.3. The number of aromatic nitrogens is 3. The summed E-state index contributed by atoms with van der Waals surface area (Å²) < 4.78 is 17.4. The quantitative estimate of drug-likeness (QED) is 0.140. The third-order valence-electron chi connectivity index (χ3n) is 14.1. The molecule has 4 fully saturated rings. The molecule has 332 valence electrons. The molecule has 64 heavy (non-hydrogen) atoms. The van der Waals surface area contributed by atoms with Crippen molar-refractivity contribution in [2.24, 2.45) is 13.0 Å². The second-order valence-corrected chi connectivity index (χ2v) is 17.9. The number of likely N-dealkylation sites (tertiary alicyclic amines) is 2. The molecule has 1 unspecified atom stereocenters. The third kappa shape index (κ3) is 8.89. The molecule has 14 nitrogen and oxygen atoms in total. The smallest absolute Gasteiger partial charge is 0.253 e. The predicted molar refractivity (Wildman–Crippen MR) is 245 cm³/mol. The molecule has 0 aliphatic carbocycles. The van der Waals surface area contributed by atoms with Crippen LogP contribution in [0.1, 0.15) is 84.7 Å². The van der Waals surface area contributed by atoms with Gasteiger partial charge >= 0.3 is 0 Å². The number of hydrogen-bond acceptors (Lipinski definition) is 11. The Balaban J connectivity index is 0.724. The first-order valence-electron chi connectivity index (χ1n) is 22.6. The number of nitriles is 1. The molecule has 0 saturated carbocycles. The van der Waals surface area contributed by atoms with E-state index in [-0.39, 0.29) is 36.0 Å². The Hall–Kier alpha value is -6.37. The van der Waals surface area contributed by atoms with Crippen molar-refractivity contribution >= 4 is 45.9 Å². The zero-order valence-corrected chi connectivity index (χ0v) is 36.6. The highest BCUT2D eigenvalue weighted by atomic mass is 19.1. The standard InChI is InChI=1S/C49H56FN11O3/c1-31(44-28-39-37(13-18-53-47(39)57(44)2)38-8-11-45(52)55-42(38)29-51)59-21-16-34(17-22-59)33-3-5-35(6-4-33)49(64)61-19-14-32(15-20-61)30-58-23-25-60(26-24-58)43-10-7-36(27-40(43)50)54-41-9-12-46(62)56-48(41)63/h3-8,10-11,13,18,27-28,31-32,34,41,54H,9,12,14-17,19-26,30H2,1-2H3,(H2,52,55)(H,56,62,63)/t31-,41?/m0/s1. The molecule has 4 N–H and O–H groups in total. The average molecular weight is 866 g/mol. The van der Waals surface area contributed by atoms with Crippen LogP contribution in [0.15, 0.2) is 72.9 Å². The maximum Gasteiger partial charge on any atom is 0.253 e. The number of nitrogens with one attached hydrogen (secondary N) is 2. The second kappa shape index (κ2) is 18.4. The number of nitrogens with zero attached hydrogens (tertiary/aromatic N) is 8. The van der Waals surface area contributed by atoms with Gasteiger partial charge in [-0.15, -0.1) is 0 Å². The van der Waals surface area contributed by atoms with E-state index >= 15 is 4.39 Å². The molecule has 4 aliphatic heterocycles. The molecule has 9 rings (SSSR count). The number of carbonyl (C=O) groups is 3. The van der Waals surface area contributed by atoms with Gasteiger partial charge in [0.25, 0.3) is 5.91 Å². The molecule has 0 spiro atoms. The number of aryl methyl sites for hydroxylation is 1. The van der Waals surface area contributed by atoms with E-state index < -0.39 is 6.04 Å². The molecule has 4 saturated heterocycles. The molecule has 15 heteroatoms. The summed E-state index contributed by atoms with van der Waals surface area (Å²) in [6.07, 6.45) is 6.44. The van der Waals surface area contributed by atoms with Crippen LogP contribution in [0, 0.1) is 23.1 Å². The number of nitrogen functional groups attached to an aromatic ring is 1. The summed E-state index contributed by atoms with van der Waals surface area (Å²) in [5.41, 5.74) is 13.0. The monoisotopic (exact) mass is 865 g/mol. The minimum atomic E-state index is -0.555. The molecular formula is C49H56FN11O3. The van der Waals surface area contributed by atoms with Gasteiger partial charge in [-0.25, -0.2) is 14.4 Å². The first-order chi connectivity index (χ1) is 31.0. The topological polar surface area (TPSA) is 169 Å². The number of halogens is 1. The van der Waals surface area contributed by atoms with E-state index in [1.54, 1.807) is 24.4 Å². The number of hydrogen-bond donors (Lipinski definition) is 3. The number of fused-ring (bicyclic) bond motifs is 1. The second-order valence-electron chi connectivity index (χ2n) is 17.9. The lowest BCUT2D eigenvalue weighted by molar-refractivity contribution is -0.133. The maximum absolute atomic E-state index is 15.2. The Morgan fingerprint density at radius 1 is 0.922 bits per heavy atom. The van der Waals surface area contributed by atoms with Gasteiger partial charge in [-0.05, 0) is 130 Å². The average Bonchev–Trinajstić information content (AvgIpc) is 3.66. The van der Waals surface area contributed by atoms with Gasteiger partial charge in [-0.1, -0.05) is 12.1 Å². The van der Waals surface area contributed by atoms with Gasteiger partial charge in [0, 0.05) is 99.4 Å². The van der Waals surface area contributed by atoms with Crippen LogP contribution >= 0.6 is 0 Å². The lowest BCUT2D eigenvalue weighted by Gasteiger charge is -2.39. The summed E-state index contributed by atoms with van der Waals surface area (Å²) in [7, 11) is 2.06. The highest BCUT2D eigenvalue weighted by molar-refractivity contribution is 6.01. The van der Waals surface area contributed by atoms with Gasteiger partial charge in [-0.3, -0.25) is 29.5 Å². The number of anilines is 3. The zero-order chi connectivity index (χ0) is 44.5. The van der Waals surface area contributed by atoms with Crippen LogP contribution in [0.5, 0.6) is 0 Å². The predicted octanol–water partition coefficient (Wildman–Crippen LogP) is 6.06. The van der Waals surface area contributed by atoms with Crippen LogP contribution in [-0.2, 0) is 16.6 Å². The minimum absolute atomic E-state index is 0.103. The van der Waals surface area contributed by atoms with E-state index in [1.807, 2.05) is 29.2 Å². The molecule has 0 bridgehead atoms. The van der Waals surface area contributed by atoms with Crippen molar-refractivity contribution in [3.63, 3.8) is 0 Å². The van der Waals surface area contributed by atoms with Gasteiger partial charge in [-0.2, -0.15) is 5.26 Å². The highest BCUT2D eigenvalue weighted by Gasteiger charge is 2.31. The number of benzene rings is 2. The van der Waals surface area contributed by atoms with E-state index in [4.69, 9.17) is 10.7 Å². The number of carbonyl (C=O) groups excluding carboxylic acids is 3. The van der Waals surface area contributed by atoms with E-state index in [1.165, 1.54) is 17.3 Å². The fraction of sp³-hybridized carbons (Fsp3) is 0.429. The molecule has 3 aromatic heterocycles. The number of imide groups is 1. The van der Waals surface area contributed by atoms with Crippen molar-refractivity contribution in [2.75, 3.05) is 74.9 Å². The molecular weight excluding hydrogens is 810 g/mol. The number of pyridine rings is 2.